The molecule has 21 heavy (non-hydrogen) atoms. The molecule has 1 aromatic carbocycles. The van der Waals surface area contributed by atoms with Gasteiger partial charge >= 0.3 is 12.1 Å². The Balaban J connectivity index is 2.96. The molecule has 0 saturated carbocycles. The van der Waals surface area contributed by atoms with Crippen LogP contribution in [0.5, 0.6) is 0 Å². The van der Waals surface area contributed by atoms with Crippen molar-refractivity contribution in [2.24, 2.45) is 0 Å². The Morgan fingerprint density at radius 3 is 2.10 bits per heavy atom. The summed E-state index contributed by atoms with van der Waals surface area (Å²) in [6.45, 7) is 4.83. The lowest BCUT2D eigenvalue weighted by molar-refractivity contribution is -0.146. The van der Waals surface area contributed by atoms with Gasteiger partial charge in [-0.05, 0) is 16.5 Å². The Hall–Kier alpha value is -1.56. The maximum atomic E-state index is 12.3. The molecule has 0 heterocycles. The molecule has 1 aromatic rings. The summed E-state index contributed by atoms with van der Waals surface area (Å²) in [6, 6.07) is 5.77. The normalized spacial score (nSPS) is 13.9. The first-order valence-corrected chi connectivity index (χ1v) is 6.53. The number of rotatable bonds is 4. The molecule has 1 unspecified atom stereocenters. The highest BCUT2D eigenvalue weighted by molar-refractivity contribution is 5.77. The third-order valence-corrected chi connectivity index (χ3v) is 3.05. The van der Waals surface area contributed by atoms with Gasteiger partial charge in [0.2, 0.25) is 0 Å². The molecule has 0 amide bonds. The second-order valence-electron chi connectivity index (χ2n) is 5.82. The first kappa shape index (κ1) is 17.5. The number of esters is 1. The van der Waals surface area contributed by atoms with Crippen LogP contribution in [0.3, 0.4) is 0 Å². The van der Waals surface area contributed by atoms with Crippen molar-refractivity contribution in [3.05, 3.63) is 35.4 Å². The summed E-state index contributed by atoms with van der Waals surface area (Å²) in [5.41, 5.74) is 1.41. The van der Waals surface area contributed by atoms with Crippen LogP contribution >= 0.6 is 0 Å². The van der Waals surface area contributed by atoms with E-state index in [1.165, 1.54) is 0 Å². The van der Waals surface area contributed by atoms with Gasteiger partial charge in [-0.2, -0.15) is 13.2 Å². The van der Waals surface area contributed by atoms with Crippen LogP contribution in [0, 0.1) is 0 Å². The number of hydrogen-bond donors (Lipinski definition) is 1. The predicted molar refractivity (Wildman–Crippen MR) is 74.0 cm³/mol. The number of carbonyl (C=O) groups is 1. The molecular formula is C15H20F3NO2. The third-order valence-electron chi connectivity index (χ3n) is 3.05. The molecule has 1 N–H and O–H groups in total. The summed E-state index contributed by atoms with van der Waals surface area (Å²) >= 11 is 0. The molecule has 0 fully saturated rings. The summed E-state index contributed by atoms with van der Waals surface area (Å²) in [7, 11) is 1.15. The topological polar surface area (TPSA) is 38.3 Å². The SMILES string of the molecule is COC(=O)C(NCC(F)(F)F)c1ccc(C(C)(C)C)cc1. The molecule has 1 atom stereocenters. The highest BCUT2D eigenvalue weighted by atomic mass is 19.4. The number of halogens is 3. The van der Waals surface area contributed by atoms with Crippen LogP contribution in [-0.2, 0) is 14.9 Å². The molecule has 118 valence electrons. The van der Waals surface area contributed by atoms with E-state index < -0.39 is 24.7 Å². The van der Waals surface area contributed by atoms with Gasteiger partial charge in [0.05, 0.1) is 13.7 Å². The van der Waals surface area contributed by atoms with Crippen LogP contribution in [0.1, 0.15) is 37.9 Å². The van der Waals surface area contributed by atoms with Crippen molar-refractivity contribution in [1.82, 2.24) is 5.32 Å². The van der Waals surface area contributed by atoms with Crippen molar-refractivity contribution in [2.75, 3.05) is 13.7 Å². The van der Waals surface area contributed by atoms with E-state index in [0.717, 1.165) is 12.7 Å². The summed E-state index contributed by atoms with van der Waals surface area (Å²) in [4.78, 5) is 11.7. The Morgan fingerprint density at radius 2 is 1.71 bits per heavy atom. The number of methoxy groups -OCH3 is 1. The third kappa shape index (κ3) is 5.38. The van der Waals surface area contributed by atoms with Gasteiger partial charge in [0, 0.05) is 0 Å². The lowest BCUT2D eigenvalue weighted by Gasteiger charge is -2.21. The Bertz CT molecular complexity index is 475. The van der Waals surface area contributed by atoms with E-state index >= 15 is 0 Å². The lowest BCUT2D eigenvalue weighted by Crippen LogP contribution is -2.36. The van der Waals surface area contributed by atoms with E-state index in [-0.39, 0.29) is 5.41 Å². The van der Waals surface area contributed by atoms with Crippen LogP contribution in [0.25, 0.3) is 0 Å². The van der Waals surface area contributed by atoms with Crippen LogP contribution in [0.4, 0.5) is 13.2 Å². The van der Waals surface area contributed by atoms with Gasteiger partial charge in [0.25, 0.3) is 0 Å². The molecule has 0 aliphatic carbocycles. The second kappa shape index (κ2) is 6.47. The van der Waals surface area contributed by atoms with Gasteiger partial charge < -0.3 is 4.74 Å². The van der Waals surface area contributed by atoms with Crippen molar-refractivity contribution < 1.29 is 22.7 Å². The number of ether oxygens (including phenoxy) is 1. The minimum absolute atomic E-state index is 0.0707. The first-order chi connectivity index (χ1) is 9.54. The van der Waals surface area contributed by atoms with Crippen LogP contribution in [0.15, 0.2) is 24.3 Å². The zero-order valence-corrected chi connectivity index (χ0v) is 12.5. The minimum atomic E-state index is -4.39. The van der Waals surface area contributed by atoms with Gasteiger partial charge in [-0.1, -0.05) is 45.0 Å². The fourth-order valence-electron chi connectivity index (χ4n) is 1.85. The number of hydrogen-bond acceptors (Lipinski definition) is 3. The average Bonchev–Trinajstić information content (AvgIpc) is 2.36. The number of benzene rings is 1. The van der Waals surface area contributed by atoms with E-state index in [9.17, 15) is 18.0 Å². The zero-order chi connectivity index (χ0) is 16.3. The van der Waals surface area contributed by atoms with Crippen molar-refractivity contribution >= 4 is 5.97 Å². The van der Waals surface area contributed by atoms with Crippen molar-refractivity contribution in [3.8, 4) is 0 Å². The fraction of sp³-hybridized carbons (Fsp3) is 0.533. The standard InChI is InChI=1S/C15H20F3NO2/c1-14(2,3)11-7-5-10(6-8-11)12(13(20)21-4)19-9-15(16,17)18/h5-8,12,19H,9H2,1-4H3. The average molecular weight is 303 g/mol. The first-order valence-electron chi connectivity index (χ1n) is 6.53. The molecule has 0 aliphatic heterocycles. The van der Waals surface area contributed by atoms with E-state index in [1.807, 2.05) is 20.8 Å². The molecule has 0 spiro atoms. The molecule has 0 aliphatic rings. The van der Waals surface area contributed by atoms with E-state index in [1.54, 1.807) is 24.3 Å². The molecule has 0 saturated heterocycles. The molecular weight excluding hydrogens is 283 g/mol. The van der Waals surface area contributed by atoms with Gasteiger partial charge in [-0.15, -0.1) is 0 Å². The van der Waals surface area contributed by atoms with Crippen molar-refractivity contribution in [1.29, 1.82) is 0 Å². The van der Waals surface area contributed by atoms with Crippen molar-refractivity contribution in [3.63, 3.8) is 0 Å². The highest BCUT2D eigenvalue weighted by Crippen LogP contribution is 2.25. The Labute approximate surface area is 122 Å². The highest BCUT2D eigenvalue weighted by Gasteiger charge is 2.31. The molecule has 6 heteroatoms. The lowest BCUT2D eigenvalue weighted by atomic mass is 9.86. The zero-order valence-electron chi connectivity index (χ0n) is 12.5. The van der Waals surface area contributed by atoms with Crippen LogP contribution in [0.2, 0.25) is 0 Å². The predicted octanol–water partition coefficient (Wildman–Crippen LogP) is 3.35. The van der Waals surface area contributed by atoms with Crippen molar-refractivity contribution in [2.45, 2.75) is 38.4 Å². The van der Waals surface area contributed by atoms with E-state index in [2.05, 4.69) is 10.1 Å². The molecule has 0 bridgehead atoms. The van der Waals surface area contributed by atoms with Gasteiger partial charge in [-0.25, -0.2) is 4.79 Å². The van der Waals surface area contributed by atoms with Gasteiger partial charge in [0.1, 0.15) is 6.04 Å². The van der Waals surface area contributed by atoms with E-state index in [0.29, 0.717) is 5.56 Å². The van der Waals surface area contributed by atoms with Crippen LogP contribution in [-0.4, -0.2) is 25.8 Å². The second-order valence-corrected chi connectivity index (χ2v) is 5.82. The maximum absolute atomic E-state index is 12.3. The minimum Gasteiger partial charge on any atom is -0.468 e. The summed E-state index contributed by atoms with van der Waals surface area (Å²) in [6.07, 6.45) is -4.39. The number of alkyl halides is 3. The number of carbonyl (C=O) groups excluding carboxylic acids is 1. The van der Waals surface area contributed by atoms with Gasteiger partial charge in [-0.3, -0.25) is 5.32 Å². The quantitative estimate of drug-likeness (QED) is 0.867. The largest absolute Gasteiger partial charge is 0.468 e. The Morgan fingerprint density at radius 1 is 1.19 bits per heavy atom. The summed E-state index contributed by atoms with van der Waals surface area (Å²) < 4.78 is 41.5. The summed E-state index contributed by atoms with van der Waals surface area (Å²) in [5, 5.41) is 2.19. The van der Waals surface area contributed by atoms with Crippen LogP contribution < -0.4 is 5.32 Å². The van der Waals surface area contributed by atoms with Gasteiger partial charge in [0.15, 0.2) is 0 Å². The number of nitrogens with one attached hydrogen (secondary N) is 1. The Kier molecular flexibility index (Phi) is 5.39. The monoisotopic (exact) mass is 303 g/mol. The molecule has 3 nitrogen and oxygen atoms in total. The smallest absolute Gasteiger partial charge is 0.401 e. The summed E-state index contributed by atoms with van der Waals surface area (Å²) in [5.74, 6) is -0.747. The molecule has 1 rings (SSSR count). The fourth-order valence-corrected chi connectivity index (χ4v) is 1.85. The van der Waals surface area contributed by atoms with E-state index in [4.69, 9.17) is 0 Å². The maximum Gasteiger partial charge on any atom is 0.401 e. The molecule has 0 aromatic heterocycles. The molecule has 0 radical (unpaired) electrons.